The predicted octanol–water partition coefficient (Wildman–Crippen LogP) is 1.44. The van der Waals surface area contributed by atoms with Crippen molar-refractivity contribution in [3.05, 3.63) is 11.6 Å². The molecule has 0 radical (unpaired) electrons. The maximum absolute atomic E-state index is 11.1. The number of aromatic nitrogens is 3. The Labute approximate surface area is 94.5 Å². The third-order valence-electron chi connectivity index (χ3n) is 2.79. The second kappa shape index (κ2) is 4.23. The van der Waals surface area contributed by atoms with Gasteiger partial charge in [0.15, 0.2) is 11.9 Å². The lowest BCUT2D eigenvalue weighted by Crippen LogP contribution is -2.26. The van der Waals surface area contributed by atoms with E-state index in [4.69, 9.17) is 5.11 Å². The van der Waals surface area contributed by atoms with Gasteiger partial charge in [-0.2, -0.15) is 5.10 Å². The lowest BCUT2D eigenvalue weighted by molar-refractivity contribution is -0.141. The van der Waals surface area contributed by atoms with E-state index in [1.54, 1.807) is 4.68 Å². The topological polar surface area (TPSA) is 68.0 Å². The highest BCUT2D eigenvalue weighted by Crippen LogP contribution is 2.23. The SMILES string of the molecule is CC(C)Cc1nc2n(n1)C(C(=O)O)CCC2. The number of hydrogen-bond acceptors (Lipinski definition) is 3. The van der Waals surface area contributed by atoms with Crippen LogP contribution in [0.25, 0.3) is 0 Å². The molecule has 0 amide bonds. The van der Waals surface area contributed by atoms with Crippen molar-refractivity contribution in [2.75, 3.05) is 0 Å². The van der Waals surface area contributed by atoms with Crippen LogP contribution in [0, 0.1) is 5.92 Å². The van der Waals surface area contributed by atoms with Crippen LogP contribution in [0.2, 0.25) is 0 Å². The minimum absolute atomic E-state index is 0.493. The highest BCUT2D eigenvalue weighted by Gasteiger charge is 2.28. The van der Waals surface area contributed by atoms with E-state index in [2.05, 4.69) is 23.9 Å². The summed E-state index contributed by atoms with van der Waals surface area (Å²) < 4.78 is 1.60. The van der Waals surface area contributed by atoms with Gasteiger partial charge in [0.1, 0.15) is 5.82 Å². The average molecular weight is 223 g/mol. The molecule has 0 saturated carbocycles. The molecule has 1 aromatic rings. The van der Waals surface area contributed by atoms with E-state index in [0.717, 1.165) is 30.9 Å². The van der Waals surface area contributed by atoms with Gasteiger partial charge < -0.3 is 5.11 Å². The summed E-state index contributed by atoms with van der Waals surface area (Å²) in [5.74, 6) is 1.29. The van der Waals surface area contributed by atoms with E-state index < -0.39 is 12.0 Å². The molecular formula is C11H17N3O2. The second-order valence-electron chi connectivity index (χ2n) is 4.73. The molecule has 1 aliphatic heterocycles. The Balaban J connectivity index is 2.27. The van der Waals surface area contributed by atoms with Gasteiger partial charge in [0.2, 0.25) is 0 Å². The Morgan fingerprint density at radius 2 is 2.38 bits per heavy atom. The summed E-state index contributed by atoms with van der Waals surface area (Å²) in [7, 11) is 0. The first kappa shape index (κ1) is 11.1. The van der Waals surface area contributed by atoms with Crippen molar-refractivity contribution in [3.8, 4) is 0 Å². The Kier molecular flexibility index (Phi) is 2.94. The van der Waals surface area contributed by atoms with Crippen LogP contribution in [0.1, 0.15) is 44.4 Å². The van der Waals surface area contributed by atoms with Crippen LogP contribution in [0.15, 0.2) is 0 Å². The van der Waals surface area contributed by atoms with Gasteiger partial charge in [-0.3, -0.25) is 0 Å². The summed E-state index contributed by atoms with van der Waals surface area (Å²) >= 11 is 0. The molecule has 0 saturated heterocycles. The number of hydrogen-bond donors (Lipinski definition) is 1. The smallest absolute Gasteiger partial charge is 0.328 e. The molecule has 5 heteroatoms. The number of rotatable bonds is 3. The molecule has 1 atom stereocenters. The van der Waals surface area contributed by atoms with Crippen LogP contribution in [-0.2, 0) is 17.6 Å². The zero-order valence-electron chi connectivity index (χ0n) is 9.68. The predicted molar refractivity (Wildman–Crippen MR) is 58.2 cm³/mol. The molecule has 0 fully saturated rings. The van der Waals surface area contributed by atoms with Crippen LogP contribution in [0.3, 0.4) is 0 Å². The van der Waals surface area contributed by atoms with Crippen LogP contribution in [0.5, 0.6) is 0 Å². The van der Waals surface area contributed by atoms with Crippen molar-refractivity contribution in [2.45, 2.75) is 45.6 Å². The number of fused-ring (bicyclic) bond motifs is 1. The van der Waals surface area contributed by atoms with E-state index in [-0.39, 0.29) is 0 Å². The first-order valence-corrected chi connectivity index (χ1v) is 5.75. The van der Waals surface area contributed by atoms with Crippen molar-refractivity contribution in [3.63, 3.8) is 0 Å². The number of carboxylic acid groups (broad SMARTS) is 1. The molecule has 0 spiro atoms. The van der Waals surface area contributed by atoms with Crippen LogP contribution in [-0.4, -0.2) is 25.8 Å². The Morgan fingerprint density at radius 3 is 3.00 bits per heavy atom. The summed E-state index contributed by atoms with van der Waals surface area (Å²) in [6.07, 6.45) is 3.20. The maximum atomic E-state index is 11.1. The van der Waals surface area contributed by atoms with Crippen LogP contribution >= 0.6 is 0 Å². The summed E-state index contributed by atoms with van der Waals surface area (Å²) in [5.41, 5.74) is 0. The zero-order valence-corrected chi connectivity index (χ0v) is 9.68. The Morgan fingerprint density at radius 1 is 1.62 bits per heavy atom. The summed E-state index contributed by atoms with van der Waals surface area (Å²) in [4.78, 5) is 15.5. The summed E-state index contributed by atoms with van der Waals surface area (Å²) in [6.45, 7) is 4.21. The second-order valence-corrected chi connectivity index (χ2v) is 4.73. The zero-order chi connectivity index (χ0) is 11.7. The molecule has 2 rings (SSSR count). The average Bonchev–Trinajstić information content (AvgIpc) is 2.57. The fourth-order valence-electron chi connectivity index (χ4n) is 2.08. The van der Waals surface area contributed by atoms with E-state index >= 15 is 0 Å². The highest BCUT2D eigenvalue weighted by atomic mass is 16.4. The molecule has 5 nitrogen and oxygen atoms in total. The molecule has 0 aromatic carbocycles. The minimum atomic E-state index is -0.804. The third kappa shape index (κ3) is 2.08. The van der Waals surface area contributed by atoms with E-state index in [1.807, 2.05) is 0 Å². The number of aliphatic carboxylic acids is 1. The van der Waals surface area contributed by atoms with Crippen LogP contribution in [0.4, 0.5) is 0 Å². The minimum Gasteiger partial charge on any atom is -0.480 e. The van der Waals surface area contributed by atoms with E-state index in [1.165, 1.54) is 0 Å². The van der Waals surface area contributed by atoms with Crippen molar-refractivity contribution in [1.29, 1.82) is 0 Å². The standard InChI is InChI=1S/C11H17N3O2/c1-7(2)6-9-12-10-5-3-4-8(11(15)16)14(10)13-9/h7-8H,3-6H2,1-2H3,(H,15,16). The molecule has 16 heavy (non-hydrogen) atoms. The quantitative estimate of drug-likeness (QED) is 0.841. The van der Waals surface area contributed by atoms with Crippen molar-refractivity contribution >= 4 is 5.97 Å². The Hall–Kier alpha value is -1.39. The Bertz CT molecular complexity index is 398. The van der Waals surface area contributed by atoms with Crippen molar-refractivity contribution in [2.24, 2.45) is 5.92 Å². The largest absolute Gasteiger partial charge is 0.480 e. The number of aryl methyl sites for hydroxylation is 1. The van der Waals surface area contributed by atoms with Gasteiger partial charge in [-0.15, -0.1) is 0 Å². The molecule has 2 heterocycles. The molecule has 1 aliphatic rings. The van der Waals surface area contributed by atoms with Gasteiger partial charge in [-0.25, -0.2) is 14.5 Å². The van der Waals surface area contributed by atoms with Gasteiger partial charge in [0.25, 0.3) is 0 Å². The molecule has 88 valence electrons. The molecule has 0 aliphatic carbocycles. The molecule has 1 unspecified atom stereocenters. The monoisotopic (exact) mass is 223 g/mol. The molecule has 0 bridgehead atoms. The number of carboxylic acids is 1. The number of nitrogens with zero attached hydrogens (tertiary/aromatic N) is 3. The maximum Gasteiger partial charge on any atom is 0.328 e. The lowest BCUT2D eigenvalue weighted by atomic mass is 10.1. The highest BCUT2D eigenvalue weighted by molar-refractivity contribution is 5.71. The van der Waals surface area contributed by atoms with Crippen LogP contribution < -0.4 is 0 Å². The van der Waals surface area contributed by atoms with E-state index in [9.17, 15) is 4.79 Å². The van der Waals surface area contributed by atoms with Gasteiger partial charge in [0, 0.05) is 12.8 Å². The van der Waals surface area contributed by atoms with Gasteiger partial charge in [0.05, 0.1) is 0 Å². The molecule has 1 N–H and O–H groups in total. The fourth-order valence-corrected chi connectivity index (χ4v) is 2.08. The van der Waals surface area contributed by atoms with Crippen molar-refractivity contribution < 1.29 is 9.90 Å². The molecule has 1 aromatic heterocycles. The van der Waals surface area contributed by atoms with E-state index in [0.29, 0.717) is 12.3 Å². The summed E-state index contributed by atoms with van der Waals surface area (Å²) in [6, 6.07) is -0.517. The first-order chi connectivity index (χ1) is 7.58. The van der Waals surface area contributed by atoms with Gasteiger partial charge >= 0.3 is 5.97 Å². The normalized spacial score (nSPS) is 19.8. The summed E-state index contributed by atoms with van der Waals surface area (Å²) in [5, 5.41) is 13.4. The van der Waals surface area contributed by atoms with Crippen molar-refractivity contribution in [1.82, 2.24) is 14.8 Å². The first-order valence-electron chi connectivity index (χ1n) is 5.75. The lowest BCUT2D eigenvalue weighted by Gasteiger charge is -2.19. The van der Waals surface area contributed by atoms with Gasteiger partial charge in [-0.05, 0) is 18.8 Å². The van der Waals surface area contributed by atoms with Gasteiger partial charge in [-0.1, -0.05) is 13.8 Å². The fraction of sp³-hybridized carbons (Fsp3) is 0.727. The number of carbonyl (C=O) groups is 1. The third-order valence-corrected chi connectivity index (χ3v) is 2.79. The molecular weight excluding hydrogens is 206 g/mol.